The number of carboxylic acid groups (broad SMARTS) is 1. The number of carboxylic acids is 1. The summed E-state index contributed by atoms with van der Waals surface area (Å²) in [6.45, 7) is 5.34. The number of hydrogen-bond donors (Lipinski definition) is 1. The first-order valence-corrected chi connectivity index (χ1v) is 10.3. The molecule has 0 bridgehead atoms. The first-order chi connectivity index (χ1) is 13.1. The average molecular weight is 455 g/mol. The van der Waals surface area contributed by atoms with Gasteiger partial charge in [0.05, 0.1) is 6.54 Å². The molecule has 2 aliphatic rings. The molecule has 1 spiro atoms. The zero-order chi connectivity index (χ0) is 20.6. The molecule has 1 aromatic rings. The van der Waals surface area contributed by atoms with Crippen molar-refractivity contribution >= 4 is 28.0 Å². The number of likely N-dealkylation sites (tertiary alicyclic amines) is 1. The zero-order valence-corrected chi connectivity index (χ0v) is 18.1. The lowest BCUT2D eigenvalue weighted by Crippen LogP contribution is -2.47. The minimum atomic E-state index is -1.04. The van der Waals surface area contributed by atoms with Crippen molar-refractivity contribution in [3.8, 4) is 0 Å². The molecule has 1 atom stereocenters. The smallest absolute Gasteiger partial charge is 0.410 e. The molecule has 3 rings (SSSR count). The van der Waals surface area contributed by atoms with Crippen LogP contribution < -0.4 is 0 Å². The number of ether oxygens (including phenoxy) is 2. The van der Waals surface area contributed by atoms with Gasteiger partial charge in [0.1, 0.15) is 17.8 Å². The van der Waals surface area contributed by atoms with Gasteiger partial charge < -0.3 is 14.6 Å². The predicted octanol–water partition coefficient (Wildman–Crippen LogP) is 4.09. The SMILES string of the molecule is CC(C)(C)OC(=O)N1CC(OCC(=O)O)(c2ccncc2Br)CC12CCCC2. The molecule has 1 aliphatic heterocycles. The normalized spacial score (nSPS) is 23.9. The molecule has 2 fully saturated rings. The topological polar surface area (TPSA) is 89.0 Å². The second-order valence-electron chi connectivity index (χ2n) is 8.71. The molecule has 1 aromatic heterocycles. The van der Waals surface area contributed by atoms with Crippen molar-refractivity contribution in [2.45, 2.75) is 69.6 Å². The molecule has 154 valence electrons. The molecule has 0 aromatic carbocycles. The maximum absolute atomic E-state index is 13.1. The number of hydrogen-bond acceptors (Lipinski definition) is 5. The van der Waals surface area contributed by atoms with E-state index >= 15 is 0 Å². The number of halogens is 1. The van der Waals surface area contributed by atoms with E-state index in [0.29, 0.717) is 6.42 Å². The minimum absolute atomic E-state index is 0.248. The Morgan fingerprint density at radius 2 is 2.00 bits per heavy atom. The Labute approximate surface area is 173 Å². The summed E-state index contributed by atoms with van der Waals surface area (Å²) in [7, 11) is 0. The van der Waals surface area contributed by atoms with Crippen molar-refractivity contribution in [1.82, 2.24) is 9.88 Å². The quantitative estimate of drug-likeness (QED) is 0.736. The summed E-state index contributed by atoms with van der Waals surface area (Å²) in [5, 5.41) is 9.23. The monoisotopic (exact) mass is 454 g/mol. The number of nitrogens with zero attached hydrogens (tertiary/aromatic N) is 2. The average Bonchev–Trinajstić information content (AvgIpc) is 3.18. The van der Waals surface area contributed by atoms with Gasteiger partial charge in [0, 0.05) is 34.4 Å². The lowest BCUT2D eigenvalue weighted by atomic mass is 9.84. The van der Waals surface area contributed by atoms with Crippen LogP contribution in [0.5, 0.6) is 0 Å². The molecule has 1 unspecified atom stereocenters. The van der Waals surface area contributed by atoms with Crippen molar-refractivity contribution in [3.63, 3.8) is 0 Å². The maximum Gasteiger partial charge on any atom is 0.410 e. The van der Waals surface area contributed by atoms with Crippen LogP contribution in [0, 0.1) is 0 Å². The van der Waals surface area contributed by atoms with Gasteiger partial charge in [0.15, 0.2) is 0 Å². The maximum atomic E-state index is 13.1. The third-order valence-electron chi connectivity index (χ3n) is 5.48. The second-order valence-corrected chi connectivity index (χ2v) is 9.56. The minimum Gasteiger partial charge on any atom is -0.480 e. The Morgan fingerprint density at radius 3 is 2.57 bits per heavy atom. The second kappa shape index (κ2) is 7.63. The van der Waals surface area contributed by atoms with E-state index in [1.54, 1.807) is 17.3 Å². The fraction of sp³-hybridized carbons (Fsp3) is 0.650. The Bertz CT molecular complexity index is 757. The number of rotatable bonds is 4. The molecule has 1 aliphatic carbocycles. The van der Waals surface area contributed by atoms with Crippen LogP contribution >= 0.6 is 15.9 Å². The van der Waals surface area contributed by atoms with Crippen LogP contribution in [0.4, 0.5) is 4.79 Å². The Hall–Kier alpha value is -1.67. The van der Waals surface area contributed by atoms with Crippen molar-refractivity contribution < 1.29 is 24.2 Å². The molecule has 1 N–H and O–H groups in total. The molecule has 0 radical (unpaired) electrons. The van der Waals surface area contributed by atoms with Gasteiger partial charge in [-0.25, -0.2) is 9.59 Å². The number of amides is 1. The third-order valence-corrected chi connectivity index (χ3v) is 6.12. The largest absolute Gasteiger partial charge is 0.480 e. The van der Waals surface area contributed by atoms with Gasteiger partial charge in [-0.2, -0.15) is 0 Å². The summed E-state index contributed by atoms with van der Waals surface area (Å²) in [4.78, 5) is 30.2. The summed E-state index contributed by atoms with van der Waals surface area (Å²) in [6.07, 6.45) is 7.23. The fourth-order valence-corrected chi connectivity index (χ4v) is 5.07. The van der Waals surface area contributed by atoms with E-state index in [-0.39, 0.29) is 18.2 Å². The van der Waals surface area contributed by atoms with Crippen LogP contribution in [0.25, 0.3) is 0 Å². The summed E-state index contributed by atoms with van der Waals surface area (Å²) in [5.74, 6) is -1.04. The highest BCUT2D eigenvalue weighted by molar-refractivity contribution is 9.10. The van der Waals surface area contributed by atoms with E-state index in [2.05, 4.69) is 20.9 Å². The van der Waals surface area contributed by atoms with Crippen molar-refractivity contribution in [1.29, 1.82) is 0 Å². The summed E-state index contributed by atoms with van der Waals surface area (Å²) in [6, 6.07) is 1.83. The highest BCUT2D eigenvalue weighted by atomic mass is 79.9. The molecule has 1 saturated carbocycles. The molecular formula is C20H27BrN2O5. The first kappa shape index (κ1) is 21.0. The summed E-state index contributed by atoms with van der Waals surface area (Å²) < 4.78 is 12.4. The highest BCUT2D eigenvalue weighted by Gasteiger charge is 2.58. The van der Waals surface area contributed by atoms with E-state index in [9.17, 15) is 14.7 Å². The Balaban J connectivity index is 2.02. The molecular weight excluding hydrogens is 428 g/mol. The van der Waals surface area contributed by atoms with E-state index in [1.807, 2.05) is 26.8 Å². The van der Waals surface area contributed by atoms with Crippen LogP contribution in [-0.2, 0) is 19.9 Å². The van der Waals surface area contributed by atoms with Crippen LogP contribution in [0.2, 0.25) is 0 Å². The fourth-order valence-electron chi connectivity index (χ4n) is 4.46. The van der Waals surface area contributed by atoms with Crippen molar-refractivity contribution in [3.05, 3.63) is 28.5 Å². The van der Waals surface area contributed by atoms with Gasteiger partial charge in [-0.3, -0.25) is 9.88 Å². The van der Waals surface area contributed by atoms with E-state index in [4.69, 9.17) is 9.47 Å². The molecule has 1 amide bonds. The molecule has 28 heavy (non-hydrogen) atoms. The van der Waals surface area contributed by atoms with Gasteiger partial charge in [-0.05, 0) is 55.6 Å². The standard InChI is InChI=1S/C20H27BrN2O5/c1-18(2,3)28-17(26)23-13-20(27-11-16(24)25,12-19(23)7-4-5-8-19)14-6-9-22-10-15(14)21/h6,9-10H,4-5,7-8,11-13H2,1-3H3,(H,24,25). The zero-order valence-electron chi connectivity index (χ0n) is 16.5. The number of carbonyl (C=O) groups is 2. The third kappa shape index (κ3) is 4.17. The van der Waals surface area contributed by atoms with Crippen LogP contribution in [-0.4, -0.2) is 51.3 Å². The van der Waals surface area contributed by atoms with Crippen molar-refractivity contribution in [2.75, 3.05) is 13.2 Å². The van der Waals surface area contributed by atoms with E-state index in [0.717, 1.165) is 35.7 Å². The van der Waals surface area contributed by atoms with Crippen LogP contribution in [0.1, 0.15) is 58.4 Å². The summed E-state index contributed by atoms with van der Waals surface area (Å²) >= 11 is 3.53. The first-order valence-electron chi connectivity index (χ1n) is 9.53. The lowest BCUT2D eigenvalue weighted by Gasteiger charge is -2.35. The van der Waals surface area contributed by atoms with Gasteiger partial charge in [0.2, 0.25) is 0 Å². The van der Waals surface area contributed by atoms with Gasteiger partial charge >= 0.3 is 12.1 Å². The summed E-state index contributed by atoms with van der Waals surface area (Å²) in [5.41, 5.74) is -1.12. The van der Waals surface area contributed by atoms with Gasteiger partial charge in [0.25, 0.3) is 0 Å². The Morgan fingerprint density at radius 1 is 1.32 bits per heavy atom. The lowest BCUT2D eigenvalue weighted by molar-refractivity contribution is -0.150. The molecule has 7 nitrogen and oxygen atoms in total. The van der Waals surface area contributed by atoms with E-state index in [1.165, 1.54) is 0 Å². The van der Waals surface area contributed by atoms with Gasteiger partial charge in [-0.1, -0.05) is 12.8 Å². The number of carbonyl (C=O) groups excluding carboxylic acids is 1. The van der Waals surface area contributed by atoms with E-state index < -0.39 is 23.8 Å². The highest BCUT2D eigenvalue weighted by Crippen LogP contribution is 2.53. The number of pyridine rings is 1. The van der Waals surface area contributed by atoms with Crippen LogP contribution in [0.15, 0.2) is 22.9 Å². The van der Waals surface area contributed by atoms with Crippen LogP contribution in [0.3, 0.4) is 0 Å². The van der Waals surface area contributed by atoms with Crippen molar-refractivity contribution in [2.24, 2.45) is 0 Å². The molecule has 1 saturated heterocycles. The molecule has 2 heterocycles. The number of aromatic nitrogens is 1. The number of aliphatic carboxylic acids is 1. The Kier molecular flexibility index (Phi) is 5.74. The predicted molar refractivity (Wildman–Crippen MR) is 106 cm³/mol. The van der Waals surface area contributed by atoms with Gasteiger partial charge in [-0.15, -0.1) is 0 Å². The molecule has 8 heteroatoms.